The molecular weight excluding hydrogens is 1290 g/mol. The van der Waals surface area contributed by atoms with Gasteiger partial charge in [-0.25, -0.2) is 9.59 Å². The zero-order valence-electron chi connectivity index (χ0n) is 55.0. The van der Waals surface area contributed by atoms with Crippen LogP contribution in [0.4, 0.5) is 9.59 Å². The Labute approximate surface area is 577 Å². The van der Waals surface area contributed by atoms with Gasteiger partial charge >= 0.3 is 18.2 Å². The third kappa shape index (κ3) is 8.18. The van der Waals surface area contributed by atoms with E-state index < -0.39 is 98.7 Å². The van der Waals surface area contributed by atoms with Gasteiger partial charge in [0.1, 0.15) is 0 Å². The van der Waals surface area contributed by atoms with Crippen LogP contribution in [0.5, 0.6) is 46.0 Å². The zero-order valence-corrected chi connectivity index (χ0v) is 55.0. The predicted molar refractivity (Wildman–Crippen MR) is 353 cm³/mol. The summed E-state index contributed by atoms with van der Waals surface area (Å²) in [6.45, 7) is 7.65. The minimum Gasteiger partial charge on any atom is -0.504 e. The number of hydrogen-bond acceptors (Lipinski definition) is 23. The average Bonchev–Trinajstić information content (AvgIpc) is 1.44. The molecule has 25 heteroatoms. The third-order valence-electron chi connectivity index (χ3n) is 26.4. The van der Waals surface area contributed by atoms with E-state index in [0.717, 1.165) is 64.0 Å². The lowest BCUT2D eigenvalue weighted by molar-refractivity contribution is -0.185. The van der Waals surface area contributed by atoms with E-state index in [1.807, 2.05) is 31.3 Å². The van der Waals surface area contributed by atoms with Crippen LogP contribution in [0.3, 0.4) is 0 Å². The molecule has 4 spiro atoms. The van der Waals surface area contributed by atoms with E-state index in [2.05, 4.69) is 10.2 Å². The summed E-state index contributed by atoms with van der Waals surface area (Å²) in [4.78, 5) is 92.6. The summed E-state index contributed by atoms with van der Waals surface area (Å²) in [5, 5.41) is 81.0. The van der Waals surface area contributed by atoms with Crippen LogP contribution in [0.2, 0.25) is 0 Å². The van der Waals surface area contributed by atoms with Crippen LogP contribution >= 0.6 is 0 Å². The SMILES string of the molecule is C.C.CCOC(=O)N1CC[C@]23c4c5ccc(O)c4O[C@H]2C(=O)CC[C@@]3(O)C1C5.CCOC(=O)N1CC[C@]23c4c5ccc(OC(C)=O)c4O[C@H]2C(=O)CC[C@@]3(O)C1C5.CN1CC[C@]23c4c5ccc(O)c4O[C@H]2C(=O)CC[C@@]3(O)C1C5.O=C1CC[C@@]2(O)C3Cc4ccc(O)c5c4[C@@]2(CCN3)[C@H]1O5. The fourth-order valence-corrected chi connectivity index (χ4v) is 22.5. The lowest BCUT2D eigenvalue weighted by atomic mass is 9.49. The van der Waals surface area contributed by atoms with Gasteiger partial charge in [0.2, 0.25) is 0 Å². The van der Waals surface area contributed by atoms with Crippen LogP contribution in [0.1, 0.15) is 157 Å². The first-order valence-corrected chi connectivity index (χ1v) is 34.7. The number of nitrogens with zero attached hydrogens (tertiary/aromatic N) is 3. The zero-order chi connectivity index (χ0) is 68.5. The fraction of sp³-hybridized carbons (Fsp3) is 0.587. The Bertz CT molecular complexity index is 4240. The molecule has 25 nitrogen and oxygen atoms in total. The van der Waals surface area contributed by atoms with E-state index in [4.69, 9.17) is 33.2 Å². The summed E-state index contributed by atoms with van der Waals surface area (Å²) < 4.78 is 39.6. The minimum atomic E-state index is -1.32. The number of ether oxygens (including phenoxy) is 7. The van der Waals surface area contributed by atoms with E-state index in [9.17, 15) is 69.3 Å². The fourth-order valence-electron chi connectivity index (χ4n) is 22.5. The van der Waals surface area contributed by atoms with Gasteiger partial charge in [-0.1, -0.05) is 39.1 Å². The third-order valence-corrected chi connectivity index (χ3v) is 26.4. The number of phenols is 3. The van der Waals surface area contributed by atoms with E-state index in [1.165, 1.54) is 6.92 Å². The molecule has 8 heterocycles. The molecule has 2 amide bonds. The first-order valence-electron chi connectivity index (χ1n) is 34.7. The molecule has 4 saturated heterocycles. The highest BCUT2D eigenvalue weighted by Gasteiger charge is 2.78. The topological polar surface area (TPSA) is 347 Å². The van der Waals surface area contributed by atoms with Crippen molar-refractivity contribution in [1.82, 2.24) is 20.0 Å². The number of ketones is 4. The monoisotopic (exact) mass is 1380 g/mol. The number of benzene rings is 4. The van der Waals surface area contributed by atoms with Crippen molar-refractivity contribution < 1.29 is 102 Å². The van der Waals surface area contributed by atoms with Crippen molar-refractivity contribution >= 4 is 41.3 Å². The number of aliphatic hydroxyl groups is 4. The number of carbonyl (C=O) groups is 7. The number of piperidine rings is 4. The number of esters is 1. The molecule has 8 fully saturated rings. The largest absolute Gasteiger partial charge is 0.504 e. The number of Topliss-reactive ketones (excluding diaryl/α,β-unsaturated/α-hetero) is 4. The Balaban J connectivity index is 0.000000108. The molecule has 0 radical (unpaired) electrons. The van der Waals surface area contributed by atoms with Gasteiger partial charge in [-0.05, 0) is 158 Å². The number of aromatic hydroxyl groups is 3. The second kappa shape index (κ2) is 22.7. The molecule has 8 aliphatic carbocycles. The van der Waals surface area contributed by atoms with Gasteiger partial charge in [-0.15, -0.1) is 0 Å². The number of nitrogens with one attached hydrogen (secondary N) is 1. The van der Waals surface area contributed by atoms with Crippen LogP contribution in [0, 0.1) is 0 Å². The first kappa shape index (κ1) is 67.7. The van der Waals surface area contributed by atoms with E-state index in [1.54, 1.807) is 47.9 Å². The molecule has 4 unspecified atom stereocenters. The van der Waals surface area contributed by atoms with Crippen molar-refractivity contribution in [1.29, 1.82) is 0 Å². The van der Waals surface area contributed by atoms with E-state index in [-0.39, 0.29) is 112 Å². The van der Waals surface area contributed by atoms with Crippen molar-refractivity contribution in [3.63, 3.8) is 0 Å². The number of amides is 2. The molecule has 100 heavy (non-hydrogen) atoms. The maximum atomic E-state index is 12.9. The molecule has 8 N–H and O–H groups in total. The Morgan fingerprint density at radius 3 is 1.25 bits per heavy atom. The number of rotatable bonds is 3. The number of phenolic OH excluding ortho intramolecular Hbond substituents is 3. The van der Waals surface area contributed by atoms with Crippen LogP contribution in [-0.2, 0) is 80.8 Å². The van der Waals surface area contributed by atoms with Crippen LogP contribution in [-0.4, -0.2) is 209 Å². The maximum Gasteiger partial charge on any atom is 0.410 e. The number of hydrogen-bond donors (Lipinski definition) is 8. The predicted octanol–water partition coefficient (Wildman–Crippen LogP) is 5.18. The normalized spacial score (nSPS) is 37.4. The Morgan fingerprint density at radius 1 is 0.480 bits per heavy atom. The second-order valence-corrected chi connectivity index (χ2v) is 29.9. The van der Waals surface area contributed by atoms with Crippen LogP contribution < -0.4 is 29.0 Å². The lowest BCUT2D eigenvalue weighted by Gasteiger charge is -2.61. The van der Waals surface area contributed by atoms with Gasteiger partial charge in [0, 0.05) is 80.0 Å². The van der Waals surface area contributed by atoms with Crippen molar-refractivity contribution in [2.45, 2.75) is 231 Å². The Hall–Kier alpha value is -8.07. The summed E-state index contributed by atoms with van der Waals surface area (Å²) in [6.07, 6.45) is 3.14. The standard InChI is InChI=1S/C21H23NO7.C19H21NO6.C17H19NO4.C16H17NO4.2CH4/c1-3-27-19(25)22-9-8-20-16-12-4-5-14(28-11(2)23)17(16)29-18(20)13(24)6-7-21(20,26)15(22)10-12;1-2-25-17(23)20-8-7-18-14-10-3-4-11(21)15(14)26-16(18)12(22)5-6-19(18,24)13(20)9-10;1-18-7-6-16-13-9-2-3-10(19)14(13)22-15(16)11(20)4-5-17(16,21)12(18)8-9;18-9-2-1-8-7-11-16(20)4-3-10(19)14-15(16,5-6-17-11)12(8)13(9)21-14;;/h4-5,15,18,26H,3,6-10H2,1-2H3;3-4,13,16,21,24H,2,5-9H2,1H3;2-3,12,15,19,21H,4-8H2,1H3;1-2,11,14,17-18,20H,3-7H2;2*1H4/t15?,18-,20-,21+;13?,16-,18-,19+;12?,15-,16-,17+;11?,14-,15-,16+;;/m0000../s1. The van der Waals surface area contributed by atoms with Gasteiger partial charge in [-0.3, -0.25) is 24.0 Å². The minimum absolute atomic E-state index is 0. The summed E-state index contributed by atoms with van der Waals surface area (Å²) in [7, 11) is 2.04. The molecule has 8 bridgehead atoms. The second-order valence-electron chi connectivity index (χ2n) is 29.9. The highest BCUT2D eigenvalue weighted by atomic mass is 16.6. The molecule has 16 atom stereocenters. The van der Waals surface area contributed by atoms with Crippen molar-refractivity contribution in [2.75, 3.05) is 46.4 Å². The molecule has 8 aliphatic heterocycles. The molecule has 16 aliphatic rings. The molecule has 4 saturated carbocycles. The van der Waals surface area contributed by atoms with Crippen molar-refractivity contribution in [3.05, 3.63) is 93.0 Å². The molecule has 534 valence electrons. The maximum absolute atomic E-state index is 12.9. The van der Waals surface area contributed by atoms with Gasteiger partial charge in [0.05, 0.1) is 69.4 Å². The van der Waals surface area contributed by atoms with Gasteiger partial charge < -0.3 is 88.9 Å². The van der Waals surface area contributed by atoms with E-state index >= 15 is 0 Å². The van der Waals surface area contributed by atoms with Crippen molar-refractivity contribution in [2.24, 2.45) is 0 Å². The van der Waals surface area contributed by atoms with Gasteiger partial charge in [-0.2, -0.15) is 0 Å². The Morgan fingerprint density at radius 2 is 0.830 bits per heavy atom. The highest BCUT2D eigenvalue weighted by molar-refractivity contribution is 5.93. The number of carbonyl (C=O) groups excluding carboxylic acids is 7. The lowest BCUT2D eigenvalue weighted by Crippen LogP contribution is -2.77. The quantitative estimate of drug-likeness (QED) is 0.0967. The van der Waals surface area contributed by atoms with Gasteiger partial charge in [0.25, 0.3) is 0 Å². The van der Waals surface area contributed by atoms with Crippen LogP contribution in [0.15, 0.2) is 48.5 Å². The summed E-state index contributed by atoms with van der Waals surface area (Å²) >= 11 is 0. The summed E-state index contributed by atoms with van der Waals surface area (Å²) in [5.74, 6) is 1.45. The smallest absolute Gasteiger partial charge is 0.410 e. The van der Waals surface area contributed by atoms with E-state index in [0.29, 0.717) is 107 Å². The molecule has 4 aromatic carbocycles. The molecule has 20 rings (SSSR count). The molecular formula is C75H88N4O21. The first-order chi connectivity index (χ1) is 46.8. The van der Waals surface area contributed by atoms with Crippen molar-refractivity contribution in [3.8, 4) is 46.0 Å². The summed E-state index contributed by atoms with van der Waals surface area (Å²) in [6, 6.07) is 12.9. The highest BCUT2D eigenvalue weighted by Crippen LogP contribution is 2.69. The molecule has 0 aromatic heterocycles. The number of likely N-dealkylation sites (N-methyl/N-ethyl adjacent to an activating group) is 1. The Kier molecular flexibility index (Phi) is 15.4. The van der Waals surface area contributed by atoms with Crippen LogP contribution in [0.25, 0.3) is 0 Å². The van der Waals surface area contributed by atoms with Gasteiger partial charge in [0.15, 0.2) is 93.5 Å². The number of likely N-dealkylation sites (tertiary alicyclic amines) is 3. The molecule has 4 aromatic rings. The average molecular weight is 1380 g/mol. The summed E-state index contributed by atoms with van der Waals surface area (Å²) in [5.41, 5.74) is -0.406.